The molecule has 0 aliphatic heterocycles. The van der Waals surface area contributed by atoms with Crippen LogP contribution >= 0.6 is 11.6 Å². The Kier molecular flexibility index (Phi) is 4.24. The first-order chi connectivity index (χ1) is 9.70. The van der Waals surface area contributed by atoms with Gasteiger partial charge in [0.2, 0.25) is 0 Å². The second-order valence-electron chi connectivity index (χ2n) is 6.47. The molecule has 3 nitrogen and oxygen atoms in total. The molecule has 0 saturated carbocycles. The third kappa shape index (κ3) is 3.35. The van der Waals surface area contributed by atoms with E-state index in [2.05, 4.69) is 51.9 Å². The average Bonchev–Trinajstić information content (AvgIpc) is 2.78. The maximum absolute atomic E-state index is 11.7. The Balaban J connectivity index is 2.49. The van der Waals surface area contributed by atoms with Gasteiger partial charge < -0.3 is 0 Å². The molecule has 112 valence electrons. The van der Waals surface area contributed by atoms with Crippen LogP contribution in [0.4, 0.5) is 0 Å². The van der Waals surface area contributed by atoms with Gasteiger partial charge in [0.25, 0.3) is 5.24 Å². The van der Waals surface area contributed by atoms with E-state index in [0.29, 0.717) is 12.2 Å². The number of benzene rings is 1. The number of hydrogen-bond donors (Lipinski definition) is 0. The maximum Gasteiger partial charge on any atom is 0.270 e. The summed E-state index contributed by atoms with van der Waals surface area (Å²) < 4.78 is 1.71. The van der Waals surface area contributed by atoms with Crippen LogP contribution in [0.2, 0.25) is 0 Å². The number of carbonyl (C=O) groups excluding carboxylic acids is 1. The fourth-order valence-electron chi connectivity index (χ4n) is 2.31. The molecule has 2 rings (SSSR count). The molecule has 0 fully saturated rings. The summed E-state index contributed by atoms with van der Waals surface area (Å²) in [6.07, 6.45) is 0. The van der Waals surface area contributed by atoms with Crippen molar-refractivity contribution < 1.29 is 4.79 Å². The van der Waals surface area contributed by atoms with E-state index in [-0.39, 0.29) is 5.41 Å². The summed E-state index contributed by atoms with van der Waals surface area (Å²) in [6, 6.07) is 7.96. The lowest BCUT2D eigenvalue weighted by Gasteiger charge is -2.15. The summed E-state index contributed by atoms with van der Waals surface area (Å²) in [5.41, 5.74) is 4.77. The van der Waals surface area contributed by atoms with Gasteiger partial charge in [-0.3, -0.25) is 9.48 Å². The zero-order valence-electron chi connectivity index (χ0n) is 13.2. The molecule has 4 heteroatoms. The van der Waals surface area contributed by atoms with Crippen molar-refractivity contribution in [2.45, 2.75) is 46.6 Å². The average molecular weight is 305 g/mol. The van der Waals surface area contributed by atoms with Crippen molar-refractivity contribution in [1.29, 1.82) is 0 Å². The Morgan fingerprint density at radius 2 is 1.81 bits per heavy atom. The van der Waals surface area contributed by atoms with Gasteiger partial charge in [0.15, 0.2) is 0 Å². The summed E-state index contributed by atoms with van der Waals surface area (Å²) in [7, 11) is 0. The molecule has 0 spiro atoms. The van der Waals surface area contributed by atoms with E-state index in [1.165, 1.54) is 16.7 Å². The van der Waals surface area contributed by atoms with E-state index in [1.54, 1.807) is 10.7 Å². The predicted molar refractivity (Wildman–Crippen MR) is 86.1 cm³/mol. The zero-order valence-corrected chi connectivity index (χ0v) is 14.0. The molecule has 0 aliphatic carbocycles. The van der Waals surface area contributed by atoms with Crippen LogP contribution < -0.4 is 0 Å². The van der Waals surface area contributed by atoms with E-state index in [1.807, 2.05) is 6.07 Å². The number of rotatable bonds is 3. The zero-order chi connectivity index (χ0) is 15.8. The Morgan fingerprint density at radius 1 is 1.24 bits per heavy atom. The highest BCUT2D eigenvalue weighted by atomic mass is 35.5. The van der Waals surface area contributed by atoms with Crippen LogP contribution in [-0.2, 0) is 12.0 Å². The van der Waals surface area contributed by atoms with E-state index < -0.39 is 5.24 Å². The first kappa shape index (κ1) is 15.8. The number of carbonyl (C=O) groups is 1. The number of hydrogen-bond acceptors (Lipinski definition) is 2. The molecule has 0 atom stereocenters. The largest absolute Gasteiger partial charge is 0.274 e. The fourth-order valence-corrected chi connectivity index (χ4v) is 2.46. The van der Waals surface area contributed by atoms with Gasteiger partial charge in [-0.2, -0.15) is 5.10 Å². The van der Waals surface area contributed by atoms with E-state index >= 15 is 0 Å². The molecule has 1 aromatic heterocycles. The highest BCUT2D eigenvalue weighted by Gasteiger charge is 2.22. The Hall–Kier alpha value is -1.61. The lowest BCUT2D eigenvalue weighted by molar-refractivity contribution is 0.107. The van der Waals surface area contributed by atoms with Gasteiger partial charge in [0.05, 0.1) is 12.2 Å². The molecule has 0 saturated heterocycles. The van der Waals surface area contributed by atoms with Gasteiger partial charge in [-0.05, 0) is 48.2 Å². The normalized spacial score (nSPS) is 11.7. The van der Waals surface area contributed by atoms with Crippen molar-refractivity contribution in [2.24, 2.45) is 0 Å². The molecule has 2 aromatic rings. The molecule has 1 heterocycles. The van der Waals surface area contributed by atoms with Crippen LogP contribution in [-0.4, -0.2) is 15.0 Å². The summed E-state index contributed by atoms with van der Waals surface area (Å²) in [6.45, 7) is 10.9. The number of aromatic nitrogens is 2. The van der Waals surface area contributed by atoms with Crippen LogP contribution in [0.15, 0.2) is 24.3 Å². The van der Waals surface area contributed by atoms with Crippen LogP contribution in [0.5, 0.6) is 0 Å². The highest BCUT2D eigenvalue weighted by molar-refractivity contribution is 6.67. The van der Waals surface area contributed by atoms with Gasteiger partial charge in [0.1, 0.15) is 5.69 Å². The van der Waals surface area contributed by atoms with Crippen molar-refractivity contribution in [3.8, 4) is 0 Å². The lowest BCUT2D eigenvalue weighted by atomic mass is 9.92. The summed E-state index contributed by atoms with van der Waals surface area (Å²) in [4.78, 5) is 11.7. The quantitative estimate of drug-likeness (QED) is 0.796. The van der Waals surface area contributed by atoms with Crippen molar-refractivity contribution >= 4 is 16.8 Å². The minimum Gasteiger partial charge on any atom is -0.274 e. The second kappa shape index (κ2) is 5.64. The smallest absolute Gasteiger partial charge is 0.270 e. The third-order valence-electron chi connectivity index (χ3n) is 3.70. The summed E-state index contributed by atoms with van der Waals surface area (Å²) in [5.74, 6) is 0. The van der Waals surface area contributed by atoms with Crippen LogP contribution in [0, 0.1) is 13.8 Å². The van der Waals surface area contributed by atoms with Crippen LogP contribution in [0.25, 0.3) is 0 Å². The van der Waals surface area contributed by atoms with Gasteiger partial charge >= 0.3 is 0 Å². The lowest BCUT2D eigenvalue weighted by Crippen LogP contribution is -2.14. The molecular weight excluding hydrogens is 284 g/mol. The molecule has 0 radical (unpaired) electrons. The van der Waals surface area contributed by atoms with Crippen molar-refractivity contribution in [3.63, 3.8) is 0 Å². The van der Waals surface area contributed by atoms with Gasteiger partial charge in [0, 0.05) is 5.41 Å². The van der Waals surface area contributed by atoms with E-state index in [4.69, 9.17) is 11.6 Å². The van der Waals surface area contributed by atoms with Crippen molar-refractivity contribution in [1.82, 2.24) is 9.78 Å². The fraction of sp³-hybridized carbons (Fsp3) is 0.412. The number of nitrogens with zero attached hydrogens (tertiary/aromatic N) is 2. The van der Waals surface area contributed by atoms with Gasteiger partial charge in [-0.15, -0.1) is 0 Å². The Bertz CT molecular complexity index is 660. The minimum absolute atomic E-state index is 0.118. The van der Waals surface area contributed by atoms with Crippen LogP contribution in [0.3, 0.4) is 0 Å². The second-order valence-corrected chi connectivity index (χ2v) is 6.81. The Morgan fingerprint density at radius 3 is 2.29 bits per heavy atom. The van der Waals surface area contributed by atoms with Crippen molar-refractivity contribution in [2.75, 3.05) is 0 Å². The standard InChI is InChI=1S/C17H21ClN2O/c1-11-7-6-8-12(2)13(11)10-20-14(16(18)21)9-15(19-20)17(3,4)5/h6-9H,10H2,1-5H3. The van der Waals surface area contributed by atoms with Crippen LogP contribution in [0.1, 0.15) is 53.6 Å². The molecule has 0 unspecified atom stereocenters. The first-order valence-corrected chi connectivity index (χ1v) is 7.41. The maximum atomic E-state index is 11.7. The van der Waals surface area contributed by atoms with Crippen molar-refractivity contribution in [3.05, 3.63) is 52.3 Å². The highest BCUT2D eigenvalue weighted by Crippen LogP contribution is 2.24. The molecule has 0 bridgehead atoms. The molecule has 0 amide bonds. The molecule has 1 aromatic carbocycles. The molecule has 0 N–H and O–H groups in total. The topological polar surface area (TPSA) is 34.9 Å². The molecular formula is C17H21ClN2O. The predicted octanol–water partition coefficient (Wildman–Crippen LogP) is 4.22. The third-order valence-corrected chi connectivity index (χ3v) is 3.90. The minimum atomic E-state index is -0.468. The number of aryl methyl sites for hydroxylation is 2. The summed E-state index contributed by atoms with van der Waals surface area (Å²) >= 11 is 5.72. The molecule has 0 aliphatic rings. The van der Waals surface area contributed by atoms with Gasteiger partial charge in [-0.25, -0.2) is 0 Å². The SMILES string of the molecule is Cc1cccc(C)c1Cn1nc(C(C)(C)C)cc1C(=O)Cl. The van der Waals surface area contributed by atoms with E-state index in [0.717, 1.165) is 5.69 Å². The number of halogens is 1. The molecule has 21 heavy (non-hydrogen) atoms. The summed E-state index contributed by atoms with van der Waals surface area (Å²) in [5, 5.41) is 4.12. The first-order valence-electron chi connectivity index (χ1n) is 7.03. The van der Waals surface area contributed by atoms with E-state index in [9.17, 15) is 4.79 Å². The monoisotopic (exact) mass is 304 g/mol. The Labute approximate surface area is 130 Å². The van der Waals surface area contributed by atoms with Gasteiger partial charge in [-0.1, -0.05) is 39.0 Å².